The third-order valence-electron chi connectivity index (χ3n) is 3.96. The molecule has 0 radical (unpaired) electrons. The molecule has 0 N–H and O–H groups in total. The van der Waals surface area contributed by atoms with Gasteiger partial charge in [-0.2, -0.15) is 0 Å². The predicted octanol–water partition coefficient (Wildman–Crippen LogP) is 1.37. The highest BCUT2D eigenvalue weighted by Gasteiger charge is 2.22. The lowest BCUT2D eigenvalue weighted by molar-refractivity contribution is 0.390. The van der Waals surface area contributed by atoms with Crippen LogP contribution in [0.5, 0.6) is 0 Å². The molecular weight excluding hydrogens is 252 g/mol. The molecule has 0 atom stereocenters. The van der Waals surface area contributed by atoms with Crippen molar-refractivity contribution < 1.29 is 0 Å². The van der Waals surface area contributed by atoms with Gasteiger partial charge in [0.2, 0.25) is 5.95 Å². The zero-order valence-electron chi connectivity index (χ0n) is 12.0. The van der Waals surface area contributed by atoms with Crippen molar-refractivity contribution in [1.82, 2.24) is 24.7 Å². The number of aryl methyl sites for hydroxylation is 2. The van der Waals surface area contributed by atoms with Gasteiger partial charge in [-0.1, -0.05) is 0 Å². The van der Waals surface area contributed by atoms with E-state index in [1.165, 1.54) is 0 Å². The lowest BCUT2D eigenvalue weighted by atomic mass is 9.93. The van der Waals surface area contributed by atoms with Gasteiger partial charge in [-0.3, -0.25) is 0 Å². The molecule has 3 rings (SSSR count). The van der Waals surface area contributed by atoms with Crippen LogP contribution in [-0.4, -0.2) is 37.8 Å². The maximum Gasteiger partial charge on any atom is 0.225 e. The van der Waals surface area contributed by atoms with E-state index in [1.54, 1.807) is 6.33 Å². The molecule has 106 valence electrons. The molecule has 0 spiro atoms. The fraction of sp³-hybridized carbons (Fsp3) is 0.571. The molecule has 3 heterocycles. The van der Waals surface area contributed by atoms with E-state index in [2.05, 4.69) is 25.1 Å². The third kappa shape index (κ3) is 2.79. The van der Waals surface area contributed by atoms with Gasteiger partial charge < -0.3 is 9.47 Å². The molecule has 1 fully saturated rings. The van der Waals surface area contributed by atoms with E-state index in [4.69, 9.17) is 0 Å². The molecule has 2 aromatic heterocycles. The lowest BCUT2D eigenvalue weighted by Crippen LogP contribution is -2.35. The van der Waals surface area contributed by atoms with Gasteiger partial charge in [-0.15, -0.1) is 10.2 Å². The quantitative estimate of drug-likeness (QED) is 0.844. The normalized spacial score (nSPS) is 16.6. The highest BCUT2D eigenvalue weighted by Crippen LogP contribution is 2.23. The van der Waals surface area contributed by atoms with Gasteiger partial charge >= 0.3 is 0 Å². The topological polar surface area (TPSA) is 59.7 Å². The fourth-order valence-electron chi connectivity index (χ4n) is 2.68. The van der Waals surface area contributed by atoms with Crippen LogP contribution >= 0.6 is 0 Å². The Labute approximate surface area is 118 Å². The van der Waals surface area contributed by atoms with Crippen molar-refractivity contribution >= 4 is 5.95 Å². The van der Waals surface area contributed by atoms with E-state index in [9.17, 15) is 0 Å². The molecule has 0 bridgehead atoms. The van der Waals surface area contributed by atoms with E-state index in [1.807, 2.05) is 30.8 Å². The summed E-state index contributed by atoms with van der Waals surface area (Å²) in [5, 5.41) is 8.12. The summed E-state index contributed by atoms with van der Waals surface area (Å²) < 4.78 is 2.01. The van der Waals surface area contributed by atoms with Crippen LogP contribution in [0.1, 0.15) is 24.4 Å². The molecule has 1 aliphatic heterocycles. The summed E-state index contributed by atoms with van der Waals surface area (Å²) in [6.07, 6.45) is 6.93. The number of hydrogen-bond donors (Lipinski definition) is 0. The average Bonchev–Trinajstić information content (AvgIpc) is 2.85. The first-order valence-corrected chi connectivity index (χ1v) is 7.10. The van der Waals surface area contributed by atoms with Crippen LogP contribution in [0.2, 0.25) is 0 Å². The summed E-state index contributed by atoms with van der Waals surface area (Å²) in [6.45, 7) is 4.05. The maximum atomic E-state index is 4.50. The summed E-state index contributed by atoms with van der Waals surface area (Å²) in [7, 11) is 2.01. The van der Waals surface area contributed by atoms with Crippen molar-refractivity contribution in [3.8, 4) is 0 Å². The van der Waals surface area contributed by atoms with Gasteiger partial charge in [0.05, 0.1) is 0 Å². The molecule has 0 unspecified atom stereocenters. The molecule has 2 aromatic rings. The van der Waals surface area contributed by atoms with Crippen molar-refractivity contribution in [3.05, 3.63) is 30.1 Å². The molecule has 0 amide bonds. The minimum atomic E-state index is 0.680. The van der Waals surface area contributed by atoms with Crippen LogP contribution in [0.3, 0.4) is 0 Å². The van der Waals surface area contributed by atoms with Crippen LogP contribution in [0.25, 0.3) is 0 Å². The van der Waals surface area contributed by atoms with E-state index in [0.29, 0.717) is 5.92 Å². The first-order valence-electron chi connectivity index (χ1n) is 7.10. The van der Waals surface area contributed by atoms with Crippen LogP contribution in [0.15, 0.2) is 18.6 Å². The van der Waals surface area contributed by atoms with E-state index in [-0.39, 0.29) is 0 Å². The highest BCUT2D eigenvalue weighted by molar-refractivity contribution is 5.30. The molecule has 0 saturated carbocycles. The zero-order valence-corrected chi connectivity index (χ0v) is 12.0. The Hall–Kier alpha value is -1.98. The molecular formula is C14H20N6. The van der Waals surface area contributed by atoms with Crippen molar-refractivity contribution in [1.29, 1.82) is 0 Å². The Morgan fingerprint density at radius 1 is 1.30 bits per heavy atom. The zero-order chi connectivity index (χ0) is 13.9. The van der Waals surface area contributed by atoms with E-state index in [0.717, 1.165) is 49.8 Å². The molecule has 0 aliphatic carbocycles. The third-order valence-corrected chi connectivity index (χ3v) is 3.96. The van der Waals surface area contributed by atoms with Gasteiger partial charge in [0, 0.05) is 38.4 Å². The fourth-order valence-corrected chi connectivity index (χ4v) is 2.68. The van der Waals surface area contributed by atoms with E-state index < -0.39 is 0 Å². The van der Waals surface area contributed by atoms with Crippen molar-refractivity contribution in [3.63, 3.8) is 0 Å². The Balaban J connectivity index is 1.58. The first-order chi connectivity index (χ1) is 9.72. The number of hydrogen-bond acceptors (Lipinski definition) is 5. The van der Waals surface area contributed by atoms with Crippen LogP contribution < -0.4 is 4.90 Å². The minimum Gasteiger partial charge on any atom is -0.341 e. The van der Waals surface area contributed by atoms with E-state index >= 15 is 0 Å². The second kappa shape index (κ2) is 5.56. The Morgan fingerprint density at radius 3 is 2.75 bits per heavy atom. The average molecular weight is 272 g/mol. The van der Waals surface area contributed by atoms with Gasteiger partial charge in [-0.05, 0) is 31.7 Å². The number of rotatable bonds is 3. The minimum absolute atomic E-state index is 0.680. The van der Waals surface area contributed by atoms with Crippen molar-refractivity contribution in [2.24, 2.45) is 13.0 Å². The number of piperidine rings is 1. The number of anilines is 1. The predicted molar refractivity (Wildman–Crippen MR) is 76.4 cm³/mol. The monoisotopic (exact) mass is 272 g/mol. The first kappa shape index (κ1) is 13.0. The number of aromatic nitrogens is 5. The Bertz CT molecular complexity index is 571. The van der Waals surface area contributed by atoms with Crippen LogP contribution in [0, 0.1) is 12.8 Å². The largest absolute Gasteiger partial charge is 0.341 e. The summed E-state index contributed by atoms with van der Waals surface area (Å²) >= 11 is 0. The SMILES string of the molecule is Cc1ccnc(N2CCC(Cc3nncn3C)CC2)n1. The molecule has 1 saturated heterocycles. The summed E-state index contributed by atoms with van der Waals surface area (Å²) in [5.41, 5.74) is 1.02. The molecule has 1 aliphatic rings. The lowest BCUT2D eigenvalue weighted by Gasteiger charge is -2.31. The second-order valence-corrected chi connectivity index (χ2v) is 5.49. The van der Waals surface area contributed by atoms with Crippen LogP contribution in [0.4, 0.5) is 5.95 Å². The number of nitrogens with zero attached hydrogens (tertiary/aromatic N) is 6. The Morgan fingerprint density at radius 2 is 2.10 bits per heavy atom. The Kier molecular flexibility index (Phi) is 3.62. The van der Waals surface area contributed by atoms with Crippen molar-refractivity contribution in [2.45, 2.75) is 26.2 Å². The standard InChI is InChI=1S/C14H20N6/c1-11-3-6-15-14(17-11)20-7-4-12(5-8-20)9-13-18-16-10-19(13)2/h3,6,10,12H,4-5,7-9H2,1-2H3. The smallest absolute Gasteiger partial charge is 0.225 e. The van der Waals surface area contributed by atoms with Gasteiger partial charge in [-0.25, -0.2) is 9.97 Å². The van der Waals surface area contributed by atoms with Gasteiger partial charge in [0.1, 0.15) is 12.2 Å². The van der Waals surface area contributed by atoms with Gasteiger partial charge in [0.25, 0.3) is 0 Å². The summed E-state index contributed by atoms with van der Waals surface area (Å²) in [4.78, 5) is 11.1. The maximum absolute atomic E-state index is 4.50. The summed E-state index contributed by atoms with van der Waals surface area (Å²) in [6, 6.07) is 1.93. The highest BCUT2D eigenvalue weighted by atomic mass is 15.3. The second-order valence-electron chi connectivity index (χ2n) is 5.49. The van der Waals surface area contributed by atoms with Gasteiger partial charge in [0.15, 0.2) is 0 Å². The van der Waals surface area contributed by atoms with Crippen LogP contribution in [-0.2, 0) is 13.5 Å². The van der Waals surface area contributed by atoms with Crippen molar-refractivity contribution in [2.75, 3.05) is 18.0 Å². The molecule has 6 nitrogen and oxygen atoms in total. The summed E-state index contributed by atoms with van der Waals surface area (Å²) in [5.74, 6) is 2.62. The molecule has 0 aromatic carbocycles. The molecule has 6 heteroatoms. The molecule has 20 heavy (non-hydrogen) atoms.